The zero-order valence-electron chi connectivity index (χ0n) is 34.3. The second kappa shape index (κ2) is 14.1. The molecule has 8 rings (SSSR count). The van der Waals surface area contributed by atoms with E-state index in [-0.39, 0.29) is 39.6 Å². The van der Waals surface area contributed by atoms with E-state index in [1.54, 1.807) is 13.8 Å². The Morgan fingerprint density at radius 3 is 1.65 bits per heavy atom. The molecule has 0 heterocycles. The Labute approximate surface area is 330 Å². The maximum absolute atomic E-state index is 13.1. The van der Waals surface area contributed by atoms with E-state index < -0.39 is 35.1 Å². The maximum atomic E-state index is 13.1. The summed E-state index contributed by atoms with van der Waals surface area (Å²) in [5, 5.41) is 0. The lowest BCUT2D eigenvalue weighted by Crippen LogP contribution is -2.51. The van der Waals surface area contributed by atoms with Crippen LogP contribution in [0.4, 0.5) is 0 Å². The number of ether oxygens (including phenoxy) is 1. The predicted octanol–water partition coefficient (Wildman–Crippen LogP) is 8.21. The molecule has 306 valence electrons. The molecule has 15 unspecified atom stereocenters. The Morgan fingerprint density at radius 2 is 1.16 bits per heavy atom. The van der Waals surface area contributed by atoms with Crippen LogP contribution in [0, 0.1) is 69.0 Å². The number of Topliss-reactive ketones (excluding diaryl/α,β-unsaturated/α-hetero) is 2. The molecule has 55 heavy (non-hydrogen) atoms. The Hall–Kier alpha value is -1.88. The van der Waals surface area contributed by atoms with Crippen molar-refractivity contribution < 1.29 is 35.9 Å². The molecule has 0 radical (unpaired) electrons. The summed E-state index contributed by atoms with van der Waals surface area (Å²) in [6, 6.07) is -1.24. The summed E-state index contributed by atoms with van der Waals surface area (Å²) in [5.41, 5.74) is 9.12. The highest BCUT2D eigenvalue weighted by Gasteiger charge is 2.61. The number of fused-ring (bicyclic) bond motifs is 10. The monoisotopic (exact) mass is 781 g/mol. The molecule has 6 saturated carbocycles. The van der Waals surface area contributed by atoms with Crippen LogP contribution in [-0.4, -0.2) is 50.8 Å². The standard InChI is InChI=1S/C45H67NO8S/c1-26(47)34-11-13-36-32-9-7-28-23-30(15-19-42(28,3)38(32)17-21-44(34,36)5)53-41(49)40(46)25-52-55(50,51)54-31-16-20-43(4)29(24-31)8-10-33-37-14-12-35(27(2)48)45(37,6)22-18-39(33)43/h7-8,30-40H,9-25,46H2,1-6H3. The van der Waals surface area contributed by atoms with Crippen LogP contribution in [0.2, 0.25) is 0 Å². The van der Waals surface area contributed by atoms with E-state index in [2.05, 4.69) is 39.8 Å². The van der Waals surface area contributed by atoms with Crippen LogP contribution in [-0.2, 0) is 37.9 Å². The number of esters is 1. The molecule has 0 aromatic rings. The summed E-state index contributed by atoms with van der Waals surface area (Å²) in [6.45, 7) is 12.5. The minimum absolute atomic E-state index is 0.00872. The molecule has 8 aliphatic rings. The Bertz CT molecular complexity index is 1760. The SMILES string of the molecule is CC(=O)C1CCC2C3CC=C4CC(OC(=O)C(N)COS(=O)(=O)OC5CCC6(C)C(=CCC7C6CCC6(C)C(C(C)=O)CCC76)C5)CCC4(C)C3CCC12C. The fourth-order valence-electron chi connectivity index (χ4n) is 15.4. The number of carbonyl (C=O) groups excluding carboxylic acids is 3. The fraction of sp³-hybridized carbons (Fsp3) is 0.844. The van der Waals surface area contributed by atoms with Crippen LogP contribution in [0.5, 0.6) is 0 Å². The molecule has 6 fully saturated rings. The molecule has 8 aliphatic carbocycles. The van der Waals surface area contributed by atoms with Crippen LogP contribution < -0.4 is 5.73 Å². The minimum atomic E-state index is -4.39. The van der Waals surface area contributed by atoms with Gasteiger partial charge >= 0.3 is 16.4 Å². The lowest BCUT2D eigenvalue weighted by Gasteiger charge is -2.58. The summed E-state index contributed by atoms with van der Waals surface area (Å²) in [5.74, 6) is 3.84. The van der Waals surface area contributed by atoms with Gasteiger partial charge in [0.05, 0.1) is 12.7 Å². The topological polar surface area (TPSA) is 139 Å². The molecule has 0 saturated heterocycles. The molecular weight excluding hydrogens is 715 g/mol. The molecule has 9 nitrogen and oxygen atoms in total. The number of hydrogen-bond acceptors (Lipinski definition) is 9. The largest absolute Gasteiger partial charge is 0.461 e. The molecule has 0 amide bonds. The highest BCUT2D eigenvalue weighted by molar-refractivity contribution is 7.81. The van der Waals surface area contributed by atoms with Crippen LogP contribution >= 0.6 is 0 Å². The van der Waals surface area contributed by atoms with Crippen molar-refractivity contribution in [2.24, 2.45) is 74.7 Å². The van der Waals surface area contributed by atoms with Crippen molar-refractivity contribution >= 4 is 27.9 Å². The van der Waals surface area contributed by atoms with Gasteiger partial charge in [0.2, 0.25) is 0 Å². The van der Waals surface area contributed by atoms with Gasteiger partial charge in [0.1, 0.15) is 23.7 Å². The molecule has 0 aromatic heterocycles. The van der Waals surface area contributed by atoms with Gasteiger partial charge in [-0.15, -0.1) is 0 Å². The molecule has 2 N–H and O–H groups in total. The summed E-state index contributed by atoms with van der Waals surface area (Å²) in [7, 11) is -4.39. The van der Waals surface area contributed by atoms with E-state index in [1.165, 1.54) is 11.1 Å². The van der Waals surface area contributed by atoms with E-state index in [0.29, 0.717) is 66.3 Å². The van der Waals surface area contributed by atoms with Crippen molar-refractivity contribution in [3.8, 4) is 0 Å². The van der Waals surface area contributed by atoms with E-state index in [4.69, 9.17) is 18.8 Å². The van der Waals surface area contributed by atoms with E-state index in [0.717, 1.165) is 83.5 Å². The third-order valence-electron chi connectivity index (χ3n) is 18.3. The van der Waals surface area contributed by atoms with Crippen LogP contribution in [0.1, 0.15) is 144 Å². The molecule has 10 heteroatoms. The number of rotatable bonds is 9. The van der Waals surface area contributed by atoms with Crippen molar-refractivity contribution in [3.63, 3.8) is 0 Å². The van der Waals surface area contributed by atoms with Crippen molar-refractivity contribution in [1.82, 2.24) is 0 Å². The van der Waals surface area contributed by atoms with Gasteiger partial charge in [0, 0.05) is 18.3 Å². The van der Waals surface area contributed by atoms with Crippen molar-refractivity contribution in [3.05, 3.63) is 23.3 Å². The lowest BCUT2D eigenvalue weighted by atomic mass is 9.47. The number of ketones is 2. The van der Waals surface area contributed by atoms with Crippen LogP contribution in [0.25, 0.3) is 0 Å². The Kier molecular flexibility index (Phi) is 10.3. The Balaban J connectivity index is 0.824. The summed E-state index contributed by atoms with van der Waals surface area (Å²) in [4.78, 5) is 38.2. The van der Waals surface area contributed by atoms with Gasteiger partial charge in [-0.1, -0.05) is 51.0 Å². The van der Waals surface area contributed by atoms with Gasteiger partial charge in [-0.05, 0) is 167 Å². The van der Waals surface area contributed by atoms with E-state index in [9.17, 15) is 22.8 Å². The van der Waals surface area contributed by atoms with Gasteiger partial charge in [-0.2, -0.15) is 8.42 Å². The van der Waals surface area contributed by atoms with Gasteiger partial charge in [0.25, 0.3) is 0 Å². The van der Waals surface area contributed by atoms with Crippen molar-refractivity contribution in [2.75, 3.05) is 6.61 Å². The first-order valence-electron chi connectivity index (χ1n) is 21.8. The van der Waals surface area contributed by atoms with Crippen LogP contribution in [0.3, 0.4) is 0 Å². The average molecular weight is 782 g/mol. The van der Waals surface area contributed by atoms with Gasteiger partial charge in [0.15, 0.2) is 0 Å². The van der Waals surface area contributed by atoms with Crippen molar-refractivity contribution in [1.29, 1.82) is 0 Å². The molecule has 0 aliphatic heterocycles. The Morgan fingerprint density at radius 1 is 0.691 bits per heavy atom. The average Bonchev–Trinajstić information content (AvgIpc) is 3.68. The maximum Gasteiger partial charge on any atom is 0.400 e. The quantitative estimate of drug-likeness (QED) is 0.181. The normalized spacial score (nSPS) is 46.7. The summed E-state index contributed by atoms with van der Waals surface area (Å²) >= 11 is 0. The number of allylic oxidation sites excluding steroid dienone is 2. The molecular formula is C45H67NO8S. The van der Waals surface area contributed by atoms with E-state index >= 15 is 0 Å². The zero-order valence-corrected chi connectivity index (χ0v) is 35.1. The first-order chi connectivity index (χ1) is 25.9. The smallest absolute Gasteiger partial charge is 0.400 e. The second-order valence-corrected chi connectivity index (χ2v) is 21.9. The van der Waals surface area contributed by atoms with Crippen molar-refractivity contribution in [2.45, 2.75) is 163 Å². The van der Waals surface area contributed by atoms with Gasteiger partial charge in [-0.25, -0.2) is 8.37 Å². The van der Waals surface area contributed by atoms with E-state index in [1.807, 2.05) is 0 Å². The highest BCUT2D eigenvalue weighted by Crippen LogP contribution is 2.68. The first kappa shape index (κ1) is 39.9. The second-order valence-electron chi connectivity index (χ2n) is 20.7. The van der Waals surface area contributed by atoms with Crippen LogP contribution in [0.15, 0.2) is 23.3 Å². The third-order valence-corrected chi connectivity index (χ3v) is 19.3. The molecule has 0 aromatic carbocycles. The highest BCUT2D eigenvalue weighted by atomic mass is 32.3. The number of nitrogens with two attached hydrogens (primary N) is 1. The molecule has 0 spiro atoms. The number of hydrogen-bond donors (Lipinski definition) is 1. The minimum Gasteiger partial charge on any atom is -0.461 e. The number of carbonyl (C=O) groups is 3. The molecule has 15 atom stereocenters. The molecule has 0 bridgehead atoms. The summed E-state index contributed by atoms with van der Waals surface area (Å²) in [6.07, 6.45) is 19.0. The fourth-order valence-corrected chi connectivity index (χ4v) is 16.3. The zero-order chi connectivity index (χ0) is 39.3. The van der Waals surface area contributed by atoms with Gasteiger partial charge < -0.3 is 10.5 Å². The lowest BCUT2D eigenvalue weighted by molar-refractivity contribution is -0.154. The third kappa shape index (κ3) is 6.57. The first-order valence-corrected chi connectivity index (χ1v) is 23.2. The predicted molar refractivity (Wildman–Crippen MR) is 209 cm³/mol. The summed E-state index contributed by atoms with van der Waals surface area (Å²) < 4.78 is 42.8. The van der Waals surface area contributed by atoms with Gasteiger partial charge in [-0.3, -0.25) is 14.4 Å².